The van der Waals surface area contributed by atoms with Crippen molar-refractivity contribution in [1.82, 2.24) is 15.3 Å². The van der Waals surface area contributed by atoms with Gasteiger partial charge in [-0.25, -0.2) is 4.99 Å². The fraction of sp³-hybridized carbons (Fsp3) is 0.611. The smallest absolute Gasteiger partial charge is 0.368 e. The van der Waals surface area contributed by atoms with Gasteiger partial charge < -0.3 is 9.80 Å². The number of aliphatic imine (C=N–C) groups is 1. The first kappa shape index (κ1) is 19.9. The molecule has 6 nitrogen and oxygen atoms in total. The maximum atomic E-state index is 13.5. The predicted octanol–water partition coefficient (Wildman–Crippen LogP) is 2.56. The lowest BCUT2D eigenvalue weighted by molar-refractivity contribution is -0.137. The highest BCUT2D eigenvalue weighted by atomic mass is 19.4. The molecule has 0 atom stereocenters. The van der Waals surface area contributed by atoms with Crippen molar-refractivity contribution in [3.8, 4) is 0 Å². The molecule has 9 heteroatoms. The van der Waals surface area contributed by atoms with E-state index in [4.69, 9.17) is 5.21 Å². The zero-order valence-corrected chi connectivity index (χ0v) is 15.3. The van der Waals surface area contributed by atoms with Crippen molar-refractivity contribution in [1.29, 1.82) is 0 Å². The van der Waals surface area contributed by atoms with Gasteiger partial charge in [0.05, 0.1) is 11.3 Å². The molecule has 0 radical (unpaired) electrons. The van der Waals surface area contributed by atoms with Crippen molar-refractivity contribution >= 4 is 17.7 Å². The van der Waals surface area contributed by atoms with E-state index in [9.17, 15) is 13.2 Å². The number of rotatable bonds is 6. The van der Waals surface area contributed by atoms with E-state index in [0.29, 0.717) is 13.1 Å². The highest BCUT2D eigenvalue weighted by Gasteiger charge is 2.36. The Balaban J connectivity index is 1.63. The van der Waals surface area contributed by atoms with Crippen LogP contribution in [0.3, 0.4) is 0 Å². The number of hydrogen-bond donors (Lipinski definition) is 2. The Morgan fingerprint density at radius 2 is 1.63 bits per heavy atom. The first-order valence-corrected chi connectivity index (χ1v) is 9.30. The van der Waals surface area contributed by atoms with Gasteiger partial charge in [-0.3, -0.25) is 15.6 Å². The first-order chi connectivity index (χ1) is 13.0. The molecule has 150 valence electrons. The molecule has 27 heavy (non-hydrogen) atoms. The monoisotopic (exact) mass is 385 g/mol. The maximum absolute atomic E-state index is 13.5. The highest BCUT2D eigenvalue weighted by Crippen LogP contribution is 2.39. The van der Waals surface area contributed by atoms with Gasteiger partial charge in [0.2, 0.25) is 0 Å². The third-order valence-electron chi connectivity index (χ3n) is 5.20. The molecule has 0 bridgehead atoms. The lowest BCUT2D eigenvalue weighted by atomic mass is 10.1. The summed E-state index contributed by atoms with van der Waals surface area (Å²) in [5.41, 5.74) is 1.33. The van der Waals surface area contributed by atoms with Gasteiger partial charge in [0.15, 0.2) is 0 Å². The number of hydrogen-bond acceptors (Lipinski definition) is 5. The number of likely N-dealkylation sites (tertiary alicyclic amines) is 1. The Bertz CT molecular complexity index is 638. The molecule has 1 aromatic rings. The number of alkyl halides is 3. The Morgan fingerprint density at radius 3 is 2.22 bits per heavy atom. The van der Waals surface area contributed by atoms with E-state index in [1.54, 1.807) is 10.4 Å². The van der Waals surface area contributed by atoms with Crippen LogP contribution in [-0.2, 0) is 6.18 Å². The molecule has 0 aliphatic carbocycles. The minimum Gasteiger partial charge on any atom is -0.368 e. The van der Waals surface area contributed by atoms with Crippen LogP contribution >= 0.6 is 0 Å². The van der Waals surface area contributed by atoms with Crippen molar-refractivity contribution in [2.24, 2.45) is 4.99 Å². The molecule has 2 fully saturated rings. The zero-order chi connectivity index (χ0) is 19.3. The summed E-state index contributed by atoms with van der Waals surface area (Å²) in [6, 6.07) is 4.01. The lowest BCUT2D eigenvalue weighted by Gasteiger charge is -2.37. The van der Waals surface area contributed by atoms with Crippen LogP contribution in [0.1, 0.15) is 18.4 Å². The zero-order valence-electron chi connectivity index (χ0n) is 15.3. The van der Waals surface area contributed by atoms with E-state index >= 15 is 0 Å². The van der Waals surface area contributed by atoms with E-state index in [0.717, 1.165) is 51.7 Å². The first-order valence-electron chi connectivity index (χ1n) is 9.30. The number of hydroxylamine groups is 1. The van der Waals surface area contributed by atoms with Crippen LogP contribution in [-0.4, -0.2) is 73.7 Å². The summed E-state index contributed by atoms with van der Waals surface area (Å²) in [4.78, 5) is 10.3. The molecule has 2 saturated heterocycles. The number of anilines is 1. The van der Waals surface area contributed by atoms with Crippen LogP contribution in [0.15, 0.2) is 23.2 Å². The van der Waals surface area contributed by atoms with Crippen LogP contribution in [0.25, 0.3) is 0 Å². The number of benzene rings is 1. The minimum absolute atomic E-state index is 0.136. The molecule has 0 saturated carbocycles. The van der Waals surface area contributed by atoms with Crippen LogP contribution in [0.2, 0.25) is 0 Å². The average Bonchev–Trinajstić information content (AvgIpc) is 3.18. The van der Waals surface area contributed by atoms with Gasteiger partial charge in [0, 0.05) is 45.0 Å². The van der Waals surface area contributed by atoms with Gasteiger partial charge in [-0.15, -0.1) is 0 Å². The van der Waals surface area contributed by atoms with Gasteiger partial charge in [0.1, 0.15) is 6.34 Å². The largest absolute Gasteiger partial charge is 0.418 e. The molecule has 2 aliphatic rings. The molecule has 2 aliphatic heterocycles. The number of halogens is 3. The van der Waals surface area contributed by atoms with E-state index < -0.39 is 11.7 Å². The van der Waals surface area contributed by atoms with Crippen molar-refractivity contribution in [2.45, 2.75) is 19.0 Å². The van der Waals surface area contributed by atoms with Gasteiger partial charge in [0.25, 0.3) is 0 Å². The molecule has 1 aromatic carbocycles. The summed E-state index contributed by atoms with van der Waals surface area (Å²) >= 11 is 0. The average molecular weight is 385 g/mol. The second-order valence-electron chi connectivity index (χ2n) is 6.96. The van der Waals surface area contributed by atoms with Crippen LogP contribution in [0.5, 0.6) is 0 Å². The molecule has 2 heterocycles. The maximum Gasteiger partial charge on any atom is 0.418 e. The SMILES string of the molecule is ONC=Nc1ccc(N2CCN(CCN3CCCC3)CC2)c(C(F)(F)F)c1. The number of nitrogens with zero attached hydrogens (tertiary/aromatic N) is 4. The highest BCUT2D eigenvalue weighted by molar-refractivity contribution is 5.65. The number of nitrogens with one attached hydrogen (secondary N) is 1. The fourth-order valence-electron chi connectivity index (χ4n) is 3.71. The van der Waals surface area contributed by atoms with Gasteiger partial charge in [-0.2, -0.15) is 13.2 Å². The quantitative estimate of drug-likeness (QED) is 0.448. The second-order valence-corrected chi connectivity index (χ2v) is 6.96. The lowest BCUT2D eigenvalue weighted by Crippen LogP contribution is -2.48. The van der Waals surface area contributed by atoms with Gasteiger partial charge >= 0.3 is 6.18 Å². The Kier molecular flexibility index (Phi) is 6.56. The summed E-state index contributed by atoms with van der Waals surface area (Å²) in [5, 5.41) is 8.52. The van der Waals surface area contributed by atoms with E-state index in [-0.39, 0.29) is 11.4 Å². The van der Waals surface area contributed by atoms with Crippen LogP contribution < -0.4 is 10.4 Å². The molecular formula is C18H26F3N5O. The molecule has 0 unspecified atom stereocenters. The standard InChI is InChI=1S/C18H26F3N5O/c19-18(20,21)16-13-15(22-14-23-27)3-4-17(16)26-11-9-25(10-12-26)8-7-24-5-1-2-6-24/h3-4,13-14,27H,1-2,5-12H2,(H,22,23). The third-order valence-corrected chi connectivity index (χ3v) is 5.20. The minimum atomic E-state index is -4.46. The summed E-state index contributed by atoms with van der Waals surface area (Å²) in [6.45, 7) is 7.01. The summed E-state index contributed by atoms with van der Waals surface area (Å²) < 4.78 is 40.5. The van der Waals surface area contributed by atoms with Crippen molar-refractivity contribution in [3.63, 3.8) is 0 Å². The predicted molar refractivity (Wildman–Crippen MR) is 98.8 cm³/mol. The molecule has 3 rings (SSSR count). The molecule has 0 spiro atoms. The Hall–Kier alpha value is -1.84. The van der Waals surface area contributed by atoms with E-state index in [2.05, 4.69) is 14.8 Å². The number of piperazine rings is 1. The summed E-state index contributed by atoms with van der Waals surface area (Å²) in [6.07, 6.45) is -0.987. The van der Waals surface area contributed by atoms with Crippen LogP contribution in [0, 0.1) is 0 Å². The summed E-state index contributed by atoms with van der Waals surface area (Å²) in [7, 11) is 0. The van der Waals surface area contributed by atoms with Crippen molar-refractivity contribution < 1.29 is 18.4 Å². The summed E-state index contributed by atoms with van der Waals surface area (Å²) in [5.74, 6) is 0. The molecule has 2 N–H and O–H groups in total. The molecular weight excluding hydrogens is 359 g/mol. The third kappa shape index (κ3) is 5.33. The van der Waals surface area contributed by atoms with E-state index in [1.807, 2.05) is 0 Å². The normalized spacial score (nSPS) is 19.9. The Morgan fingerprint density at radius 1 is 1.00 bits per heavy atom. The molecule has 0 aromatic heterocycles. The van der Waals surface area contributed by atoms with Crippen LogP contribution in [0.4, 0.5) is 24.5 Å². The Labute approximate surface area is 157 Å². The molecule has 0 amide bonds. The topological polar surface area (TPSA) is 54.3 Å². The van der Waals surface area contributed by atoms with Gasteiger partial charge in [-0.05, 0) is 44.1 Å². The van der Waals surface area contributed by atoms with Crippen molar-refractivity contribution in [3.05, 3.63) is 23.8 Å². The van der Waals surface area contributed by atoms with Gasteiger partial charge in [-0.1, -0.05) is 0 Å². The van der Waals surface area contributed by atoms with Crippen molar-refractivity contribution in [2.75, 3.05) is 57.3 Å². The fourth-order valence-corrected chi connectivity index (χ4v) is 3.71. The van der Waals surface area contributed by atoms with E-state index in [1.165, 1.54) is 25.0 Å². The second kappa shape index (κ2) is 8.90.